The Morgan fingerprint density at radius 1 is 1.12 bits per heavy atom. The first kappa shape index (κ1) is 17.5. The lowest BCUT2D eigenvalue weighted by Gasteiger charge is -2.16. The van der Waals surface area contributed by atoms with E-state index in [0.29, 0.717) is 28.1 Å². The first-order chi connectivity index (χ1) is 12.5. The van der Waals surface area contributed by atoms with Gasteiger partial charge in [-0.2, -0.15) is 0 Å². The molecule has 26 heavy (non-hydrogen) atoms. The van der Waals surface area contributed by atoms with E-state index in [2.05, 4.69) is 10.3 Å². The van der Waals surface area contributed by atoms with Crippen LogP contribution < -0.4 is 20.3 Å². The van der Waals surface area contributed by atoms with Crippen molar-refractivity contribution in [1.29, 1.82) is 0 Å². The fourth-order valence-corrected chi connectivity index (χ4v) is 2.61. The van der Waals surface area contributed by atoms with Crippen molar-refractivity contribution in [1.82, 2.24) is 9.55 Å². The van der Waals surface area contributed by atoms with Crippen molar-refractivity contribution < 1.29 is 14.3 Å². The van der Waals surface area contributed by atoms with Crippen molar-refractivity contribution in [2.45, 2.75) is 13.0 Å². The number of hydrogen-bond acceptors (Lipinski definition) is 5. The number of benzene rings is 2. The highest BCUT2D eigenvalue weighted by Crippen LogP contribution is 2.26. The Labute approximate surface area is 150 Å². The molecule has 1 aromatic heterocycles. The van der Waals surface area contributed by atoms with E-state index in [9.17, 15) is 9.59 Å². The SMILES string of the molecule is COc1cc(NC(=O)[C@H](C)n2cnc3ccccc3c2=O)cc(OC)c1. The summed E-state index contributed by atoms with van der Waals surface area (Å²) in [5.41, 5.74) is 0.847. The van der Waals surface area contributed by atoms with Crippen molar-refractivity contribution in [3.63, 3.8) is 0 Å². The molecule has 0 fully saturated rings. The summed E-state index contributed by atoms with van der Waals surface area (Å²) < 4.78 is 11.7. The Balaban J connectivity index is 1.89. The molecule has 3 aromatic rings. The minimum absolute atomic E-state index is 0.263. The third-order valence-electron chi connectivity index (χ3n) is 4.11. The third kappa shape index (κ3) is 3.37. The van der Waals surface area contributed by atoms with Gasteiger partial charge in [0.25, 0.3) is 5.56 Å². The molecule has 0 aliphatic rings. The van der Waals surface area contributed by atoms with E-state index in [1.807, 2.05) is 6.07 Å². The highest BCUT2D eigenvalue weighted by atomic mass is 16.5. The quantitative estimate of drug-likeness (QED) is 0.762. The fourth-order valence-electron chi connectivity index (χ4n) is 2.61. The first-order valence-corrected chi connectivity index (χ1v) is 8.03. The molecule has 2 aromatic carbocycles. The number of para-hydroxylation sites is 1. The topological polar surface area (TPSA) is 82.5 Å². The summed E-state index contributed by atoms with van der Waals surface area (Å²) in [6.45, 7) is 1.64. The number of aromatic nitrogens is 2. The van der Waals surface area contributed by atoms with E-state index in [1.165, 1.54) is 25.1 Å². The van der Waals surface area contributed by atoms with E-state index in [-0.39, 0.29) is 11.5 Å². The van der Waals surface area contributed by atoms with Crippen LogP contribution in [0.2, 0.25) is 0 Å². The van der Waals surface area contributed by atoms with E-state index >= 15 is 0 Å². The number of methoxy groups -OCH3 is 2. The van der Waals surface area contributed by atoms with E-state index in [4.69, 9.17) is 9.47 Å². The second-order valence-corrected chi connectivity index (χ2v) is 5.74. The molecule has 0 radical (unpaired) electrons. The van der Waals surface area contributed by atoms with Gasteiger partial charge in [-0.25, -0.2) is 4.98 Å². The number of fused-ring (bicyclic) bond motifs is 1. The second kappa shape index (κ2) is 7.26. The second-order valence-electron chi connectivity index (χ2n) is 5.74. The summed E-state index contributed by atoms with van der Waals surface area (Å²) >= 11 is 0. The van der Waals surface area contributed by atoms with E-state index in [1.54, 1.807) is 43.3 Å². The van der Waals surface area contributed by atoms with Gasteiger partial charge in [0.2, 0.25) is 5.91 Å². The molecule has 1 heterocycles. The molecule has 0 aliphatic heterocycles. The number of ether oxygens (including phenoxy) is 2. The van der Waals surface area contributed by atoms with Crippen molar-refractivity contribution in [2.75, 3.05) is 19.5 Å². The molecule has 1 N–H and O–H groups in total. The highest BCUT2D eigenvalue weighted by Gasteiger charge is 2.18. The molecule has 1 atom stereocenters. The third-order valence-corrected chi connectivity index (χ3v) is 4.11. The Hall–Kier alpha value is -3.35. The summed E-state index contributed by atoms with van der Waals surface area (Å²) in [6, 6.07) is 11.3. The number of anilines is 1. The lowest BCUT2D eigenvalue weighted by Crippen LogP contribution is -2.31. The van der Waals surface area contributed by atoms with Crippen molar-refractivity contribution in [3.05, 3.63) is 59.1 Å². The average molecular weight is 353 g/mol. The van der Waals surface area contributed by atoms with Crippen LogP contribution in [0.1, 0.15) is 13.0 Å². The van der Waals surface area contributed by atoms with Crippen LogP contribution in [-0.2, 0) is 4.79 Å². The summed E-state index contributed by atoms with van der Waals surface area (Å²) in [4.78, 5) is 29.5. The summed E-state index contributed by atoms with van der Waals surface area (Å²) in [5, 5.41) is 3.25. The van der Waals surface area contributed by atoms with Gasteiger partial charge in [0.05, 0.1) is 31.4 Å². The molecule has 0 aliphatic carbocycles. The molecule has 0 saturated carbocycles. The predicted octanol–water partition coefficient (Wildman–Crippen LogP) is 2.61. The van der Waals surface area contributed by atoms with Crippen LogP contribution in [0.15, 0.2) is 53.6 Å². The standard InChI is InChI=1S/C19H19N3O4/c1-12(22-11-20-17-7-5-4-6-16(17)19(22)24)18(23)21-13-8-14(25-2)10-15(9-13)26-3/h4-12H,1-3H3,(H,21,23)/t12-/m0/s1. The Kier molecular flexibility index (Phi) is 4.88. The lowest BCUT2D eigenvalue weighted by molar-refractivity contribution is -0.118. The lowest BCUT2D eigenvalue weighted by atomic mass is 10.2. The summed E-state index contributed by atoms with van der Waals surface area (Å²) in [7, 11) is 3.06. The van der Waals surface area contributed by atoms with Gasteiger partial charge in [-0.3, -0.25) is 14.2 Å². The number of nitrogens with one attached hydrogen (secondary N) is 1. The maximum Gasteiger partial charge on any atom is 0.261 e. The van der Waals surface area contributed by atoms with E-state index < -0.39 is 6.04 Å². The van der Waals surface area contributed by atoms with Gasteiger partial charge >= 0.3 is 0 Å². The molecule has 1 amide bonds. The zero-order chi connectivity index (χ0) is 18.7. The molecule has 0 spiro atoms. The molecular formula is C19H19N3O4. The van der Waals surface area contributed by atoms with Crippen molar-refractivity contribution in [2.24, 2.45) is 0 Å². The zero-order valence-electron chi connectivity index (χ0n) is 14.7. The number of carbonyl (C=O) groups excluding carboxylic acids is 1. The minimum Gasteiger partial charge on any atom is -0.497 e. The highest BCUT2D eigenvalue weighted by molar-refractivity contribution is 5.94. The number of rotatable bonds is 5. The van der Waals surface area contributed by atoms with Crippen LogP contribution in [0, 0.1) is 0 Å². The monoisotopic (exact) mass is 353 g/mol. The Bertz CT molecular complexity index is 991. The van der Waals surface area contributed by atoms with Gasteiger partial charge in [-0.15, -0.1) is 0 Å². The molecular weight excluding hydrogens is 334 g/mol. The Morgan fingerprint density at radius 3 is 2.42 bits per heavy atom. The average Bonchev–Trinajstić information content (AvgIpc) is 2.67. The molecule has 3 rings (SSSR count). The van der Waals surface area contributed by atoms with Crippen LogP contribution in [0.4, 0.5) is 5.69 Å². The number of amides is 1. The number of nitrogens with zero attached hydrogens (tertiary/aromatic N) is 2. The van der Waals surface area contributed by atoms with Crippen LogP contribution in [0.25, 0.3) is 10.9 Å². The van der Waals surface area contributed by atoms with E-state index in [0.717, 1.165) is 0 Å². The maximum atomic E-state index is 12.6. The normalized spacial score (nSPS) is 11.8. The van der Waals surface area contributed by atoms with Crippen molar-refractivity contribution >= 4 is 22.5 Å². The van der Waals surface area contributed by atoms with Crippen LogP contribution in [-0.4, -0.2) is 29.7 Å². The van der Waals surface area contributed by atoms with Crippen molar-refractivity contribution in [3.8, 4) is 11.5 Å². The number of carbonyl (C=O) groups is 1. The molecule has 0 saturated heterocycles. The number of hydrogen-bond donors (Lipinski definition) is 1. The summed E-state index contributed by atoms with van der Waals surface area (Å²) in [6.07, 6.45) is 1.39. The van der Waals surface area contributed by atoms with Gasteiger partial charge < -0.3 is 14.8 Å². The van der Waals surface area contributed by atoms with Gasteiger partial charge in [-0.1, -0.05) is 12.1 Å². The molecule has 134 valence electrons. The zero-order valence-corrected chi connectivity index (χ0v) is 14.7. The molecule has 7 nitrogen and oxygen atoms in total. The van der Waals surface area contributed by atoms with Crippen LogP contribution in [0.3, 0.4) is 0 Å². The van der Waals surface area contributed by atoms with Crippen LogP contribution in [0.5, 0.6) is 11.5 Å². The molecule has 0 unspecified atom stereocenters. The maximum absolute atomic E-state index is 12.6. The fraction of sp³-hybridized carbons (Fsp3) is 0.211. The van der Waals surface area contributed by atoms with Gasteiger partial charge in [0.15, 0.2) is 0 Å². The van der Waals surface area contributed by atoms with Gasteiger partial charge in [0, 0.05) is 23.9 Å². The first-order valence-electron chi connectivity index (χ1n) is 8.03. The minimum atomic E-state index is -0.739. The summed E-state index contributed by atoms with van der Waals surface area (Å²) in [5.74, 6) is 0.758. The van der Waals surface area contributed by atoms with Gasteiger partial charge in [0.1, 0.15) is 17.5 Å². The van der Waals surface area contributed by atoms with Crippen LogP contribution >= 0.6 is 0 Å². The van der Waals surface area contributed by atoms with Gasteiger partial charge in [-0.05, 0) is 19.1 Å². The predicted molar refractivity (Wildman–Crippen MR) is 98.9 cm³/mol. The molecule has 7 heteroatoms. The Morgan fingerprint density at radius 2 is 1.77 bits per heavy atom. The molecule has 0 bridgehead atoms. The largest absolute Gasteiger partial charge is 0.497 e. The smallest absolute Gasteiger partial charge is 0.261 e.